The van der Waals surface area contributed by atoms with Gasteiger partial charge in [0.25, 0.3) is 0 Å². The Morgan fingerprint density at radius 3 is 1.00 bits per heavy atom. The van der Waals surface area contributed by atoms with Crippen molar-refractivity contribution in [3.8, 4) is 0 Å². The molecule has 0 unspecified atom stereocenters. The van der Waals surface area contributed by atoms with E-state index >= 15 is 0 Å². The molecule has 0 amide bonds. The average Bonchev–Trinajstić information content (AvgIpc) is 2.14. The summed E-state index contributed by atoms with van der Waals surface area (Å²) in [5, 5.41) is 17.6. The summed E-state index contributed by atoms with van der Waals surface area (Å²) in [4.78, 5) is 21.6. The lowest BCUT2D eigenvalue weighted by Gasteiger charge is -2.14. The second-order valence-electron chi connectivity index (χ2n) is 3.02. The fraction of sp³-hybridized carbons (Fsp3) is 0. The summed E-state index contributed by atoms with van der Waals surface area (Å²) in [5.74, 6) is -2.85. The fourth-order valence-corrected chi connectivity index (χ4v) is 1.29. The second-order valence-corrected chi connectivity index (χ2v) is 3.02. The van der Waals surface area contributed by atoms with Crippen molar-refractivity contribution in [3.05, 3.63) is 11.1 Å². The molecule has 1 aromatic rings. The summed E-state index contributed by atoms with van der Waals surface area (Å²) in [6.07, 6.45) is 0. The number of anilines is 4. The first-order valence-corrected chi connectivity index (χ1v) is 4.01. The van der Waals surface area contributed by atoms with Crippen LogP contribution in [-0.4, -0.2) is 22.2 Å². The molecule has 0 heterocycles. The van der Waals surface area contributed by atoms with Crippen LogP contribution in [0.2, 0.25) is 0 Å². The Morgan fingerprint density at radius 1 is 0.688 bits per heavy atom. The van der Waals surface area contributed by atoms with Crippen molar-refractivity contribution in [1.29, 1.82) is 0 Å². The van der Waals surface area contributed by atoms with Gasteiger partial charge in [-0.15, -0.1) is 0 Å². The topological polar surface area (TPSA) is 179 Å². The molecule has 0 atom stereocenters. The van der Waals surface area contributed by atoms with E-state index in [4.69, 9.17) is 33.1 Å². The third-order valence-corrected chi connectivity index (χ3v) is 2.09. The van der Waals surface area contributed by atoms with E-state index in [0.29, 0.717) is 0 Å². The predicted molar refractivity (Wildman–Crippen MR) is 58.0 cm³/mol. The number of nitrogen functional groups attached to an aromatic ring is 4. The fourth-order valence-electron chi connectivity index (χ4n) is 1.29. The maximum atomic E-state index is 10.8. The molecule has 8 heteroatoms. The average molecular weight is 226 g/mol. The van der Waals surface area contributed by atoms with Gasteiger partial charge < -0.3 is 33.1 Å². The van der Waals surface area contributed by atoms with Crippen LogP contribution in [0, 0.1) is 0 Å². The molecule has 86 valence electrons. The van der Waals surface area contributed by atoms with Gasteiger partial charge in [0.15, 0.2) is 0 Å². The third kappa shape index (κ3) is 1.41. The van der Waals surface area contributed by atoms with E-state index in [9.17, 15) is 9.59 Å². The maximum absolute atomic E-state index is 10.8. The van der Waals surface area contributed by atoms with Gasteiger partial charge in [0.2, 0.25) is 0 Å². The summed E-state index contributed by atoms with van der Waals surface area (Å²) >= 11 is 0. The summed E-state index contributed by atoms with van der Waals surface area (Å²) in [6.45, 7) is 0. The first-order chi connectivity index (χ1) is 7.29. The second kappa shape index (κ2) is 3.50. The number of benzene rings is 1. The Bertz CT molecular complexity index is 423. The number of nitrogens with two attached hydrogens (primary N) is 4. The highest BCUT2D eigenvalue weighted by atomic mass is 16.4. The van der Waals surface area contributed by atoms with Gasteiger partial charge >= 0.3 is 11.9 Å². The van der Waals surface area contributed by atoms with Crippen molar-refractivity contribution in [1.82, 2.24) is 0 Å². The minimum Gasteiger partial charge on any atom is -0.478 e. The molecule has 0 saturated heterocycles. The van der Waals surface area contributed by atoms with Crippen molar-refractivity contribution in [3.63, 3.8) is 0 Å². The lowest BCUT2D eigenvalue weighted by molar-refractivity contribution is 0.0684. The number of carbonyl (C=O) groups is 2. The van der Waals surface area contributed by atoms with Crippen LogP contribution in [0.5, 0.6) is 0 Å². The van der Waals surface area contributed by atoms with Crippen molar-refractivity contribution < 1.29 is 19.8 Å². The van der Waals surface area contributed by atoms with Gasteiger partial charge in [-0.25, -0.2) is 9.59 Å². The predicted octanol–water partition coefficient (Wildman–Crippen LogP) is -0.588. The Labute approximate surface area is 89.4 Å². The molecule has 16 heavy (non-hydrogen) atoms. The maximum Gasteiger partial charge on any atom is 0.340 e. The van der Waals surface area contributed by atoms with Gasteiger partial charge in [0.05, 0.1) is 22.7 Å². The van der Waals surface area contributed by atoms with Crippen LogP contribution in [0.1, 0.15) is 20.7 Å². The molecule has 0 radical (unpaired) electrons. The molecular formula is C8H10N4O4. The zero-order valence-electron chi connectivity index (χ0n) is 8.02. The molecule has 8 nitrogen and oxygen atoms in total. The van der Waals surface area contributed by atoms with Crippen LogP contribution in [0.4, 0.5) is 22.7 Å². The van der Waals surface area contributed by atoms with Crippen molar-refractivity contribution in [2.24, 2.45) is 0 Å². The smallest absolute Gasteiger partial charge is 0.340 e. The SMILES string of the molecule is Nc1c(N)c(C(=O)O)c(N)c(N)c1C(=O)O. The molecule has 0 saturated carbocycles. The Balaban J connectivity index is 3.77. The number of aromatic carboxylic acids is 2. The highest BCUT2D eigenvalue weighted by Gasteiger charge is 2.25. The van der Waals surface area contributed by atoms with E-state index in [2.05, 4.69) is 0 Å². The van der Waals surface area contributed by atoms with Crippen LogP contribution in [0.25, 0.3) is 0 Å². The number of carboxylic acids is 2. The van der Waals surface area contributed by atoms with Gasteiger partial charge in [-0.1, -0.05) is 0 Å². The van der Waals surface area contributed by atoms with Crippen LogP contribution in [0.15, 0.2) is 0 Å². The van der Waals surface area contributed by atoms with Crippen LogP contribution < -0.4 is 22.9 Å². The molecule has 0 aromatic heterocycles. The normalized spacial score (nSPS) is 10.0. The van der Waals surface area contributed by atoms with Gasteiger partial charge in [0, 0.05) is 0 Å². The molecule has 0 aliphatic heterocycles. The zero-order chi connectivity index (χ0) is 12.6. The molecule has 0 bridgehead atoms. The largest absolute Gasteiger partial charge is 0.478 e. The summed E-state index contributed by atoms with van der Waals surface area (Å²) in [5.41, 5.74) is 19.0. The first-order valence-electron chi connectivity index (χ1n) is 4.01. The Morgan fingerprint density at radius 2 is 0.875 bits per heavy atom. The van der Waals surface area contributed by atoms with E-state index in [1.807, 2.05) is 0 Å². The first kappa shape index (κ1) is 11.4. The minimum absolute atomic E-state index is 0.406. The van der Waals surface area contributed by atoms with E-state index in [0.717, 1.165) is 0 Å². The van der Waals surface area contributed by atoms with Crippen molar-refractivity contribution in [2.75, 3.05) is 22.9 Å². The Hall–Kier alpha value is -2.64. The van der Waals surface area contributed by atoms with Crippen LogP contribution >= 0.6 is 0 Å². The summed E-state index contributed by atoms with van der Waals surface area (Å²) < 4.78 is 0. The number of hydrogen-bond donors (Lipinski definition) is 6. The number of carboxylic acid groups (broad SMARTS) is 2. The quantitative estimate of drug-likeness (QED) is 0.362. The van der Waals surface area contributed by atoms with Gasteiger partial charge in [-0.05, 0) is 0 Å². The molecular weight excluding hydrogens is 216 g/mol. The molecule has 0 fully saturated rings. The van der Waals surface area contributed by atoms with Crippen LogP contribution in [-0.2, 0) is 0 Å². The molecule has 0 aliphatic carbocycles. The Kier molecular flexibility index (Phi) is 2.50. The standard InChI is InChI=1S/C8H10N4O4/c9-3-1(7(13)14)4(10)6(12)2(5(3)11)8(15)16/h9-12H2,(H,13,14)(H,15,16). The van der Waals surface area contributed by atoms with Crippen molar-refractivity contribution >= 4 is 34.7 Å². The van der Waals surface area contributed by atoms with Gasteiger partial charge in [0.1, 0.15) is 11.1 Å². The summed E-state index contributed by atoms with van der Waals surface area (Å²) in [7, 11) is 0. The number of rotatable bonds is 2. The molecule has 1 aromatic carbocycles. The van der Waals surface area contributed by atoms with Crippen molar-refractivity contribution in [2.45, 2.75) is 0 Å². The van der Waals surface area contributed by atoms with Gasteiger partial charge in [-0.3, -0.25) is 0 Å². The monoisotopic (exact) mass is 226 g/mol. The number of hydrogen-bond acceptors (Lipinski definition) is 6. The van der Waals surface area contributed by atoms with Gasteiger partial charge in [-0.2, -0.15) is 0 Å². The molecule has 0 spiro atoms. The lowest BCUT2D eigenvalue weighted by atomic mass is 10.0. The minimum atomic E-state index is -1.43. The highest BCUT2D eigenvalue weighted by molar-refractivity contribution is 6.13. The molecule has 0 aliphatic rings. The van der Waals surface area contributed by atoms with E-state index < -0.39 is 45.8 Å². The summed E-state index contributed by atoms with van der Waals surface area (Å²) in [6, 6.07) is 0. The zero-order valence-corrected chi connectivity index (χ0v) is 8.02. The van der Waals surface area contributed by atoms with E-state index in [-0.39, 0.29) is 0 Å². The van der Waals surface area contributed by atoms with Crippen LogP contribution in [0.3, 0.4) is 0 Å². The highest BCUT2D eigenvalue weighted by Crippen LogP contribution is 2.36. The lowest BCUT2D eigenvalue weighted by Crippen LogP contribution is -2.17. The molecule has 10 N–H and O–H groups in total. The van der Waals surface area contributed by atoms with E-state index in [1.54, 1.807) is 0 Å². The molecule has 1 rings (SSSR count). The van der Waals surface area contributed by atoms with E-state index in [1.165, 1.54) is 0 Å². The third-order valence-electron chi connectivity index (χ3n) is 2.09.